The predicted octanol–water partition coefficient (Wildman–Crippen LogP) is 3.87. The number of rotatable bonds is 5. The normalized spacial score (nSPS) is 17.3. The van der Waals surface area contributed by atoms with Gasteiger partial charge in [-0.2, -0.15) is 0 Å². The molecular weight excluding hydrogens is 444 g/mol. The quantitative estimate of drug-likeness (QED) is 0.264. The molecular formula is C24H20N2O6S. The van der Waals surface area contributed by atoms with Crippen LogP contribution in [0.25, 0.3) is 5.76 Å². The molecule has 3 aromatic rings. The number of nitrogens with zero attached hydrogens (tertiary/aromatic N) is 2. The van der Waals surface area contributed by atoms with Crippen LogP contribution >= 0.6 is 11.3 Å². The number of anilines is 1. The number of para-hydroxylation sites is 1. The van der Waals surface area contributed by atoms with Crippen LogP contribution in [0.3, 0.4) is 0 Å². The number of hydrogen-bond acceptors (Lipinski definition) is 8. The second-order valence-electron chi connectivity index (χ2n) is 7.18. The molecule has 0 saturated carbocycles. The number of amides is 1. The van der Waals surface area contributed by atoms with Crippen LogP contribution in [-0.2, 0) is 14.3 Å². The van der Waals surface area contributed by atoms with Gasteiger partial charge in [-0.15, -0.1) is 0 Å². The number of carbonyl (C=O) groups excluding carboxylic acids is 3. The van der Waals surface area contributed by atoms with Gasteiger partial charge >= 0.3 is 11.9 Å². The largest absolute Gasteiger partial charge is 0.507 e. The van der Waals surface area contributed by atoms with E-state index < -0.39 is 23.7 Å². The number of ketones is 1. The minimum atomic E-state index is -1.02. The Labute approximate surface area is 193 Å². The maximum absolute atomic E-state index is 13.2. The van der Waals surface area contributed by atoms with Crippen molar-refractivity contribution in [3.63, 3.8) is 0 Å². The van der Waals surface area contributed by atoms with Crippen LogP contribution in [0.2, 0.25) is 0 Å². The molecule has 0 bridgehead atoms. The lowest BCUT2D eigenvalue weighted by Gasteiger charge is -2.24. The Morgan fingerprint density at radius 1 is 1.06 bits per heavy atom. The fourth-order valence-corrected chi connectivity index (χ4v) is 4.75. The highest BCUT2D eigenvalue weighted by molar-refractivity contribution is 7.17. The van der Waals surface area contributed by atoms with Crippen molar-refractivity contribution in [1.29, 1.82) is 0 Å². The summed E-state index contributed by atoms with van der Waals surface area (Å²) in [6, 6.07) is 14.4. The molecule has 2 heterocycles. The Morgan fingerprint density at radius 3 is 2.39 bits per heavy atom. The van der Waals surface area contributed by atoms with Gasteiger partial charge in [-0.1, -0.05) is 59.9 Å². The third-order valence-electron chi connectivity index (χ3n) is 5.29. The number of esters is 1. The average Bonchev–Trinajstić information content (AvgIpc) is 3.35. The molecule has 1 fully saturated rings. The number of benzene rings is 2. The van der Waals surface area contributed by atoms with E-state index in [0.29, 0.717) is 22.6 Å². The fraction of sp³-hybridized carbons (Fsp3) is 0.167. The number of methoxy groups -OCH3 is 2. The van der Waals surface area contributed by atoms with Crippen molar-refractivity contribution in [3.05, 3.63) is 81.9 Å². The van der Waals surface area contributed by atoms with Crippen molar-refractivity contribution in [2.24, 2.45) is 0 Å². The first-order valence-corrected chi connectivity index (χ1v) is 10.8. The molecule has 1 aliphatic rings. The molecule has 0 radical (unpaired) electrons. The molecule has 0 aliphatic carbocycles. The average molecular weight is 464 g/mol. The smallest absolute Gasteiger partial charge is 0.350 e. The zero-order valence-electron chi connectivity index (χ0n) is 18.1. The van der Waals surface area contributed by atoms with Crippen LogP contribution in [0.4, 0.5) is 5.13 Å². The summed E-state index contributed by atoms with van der Waals surface area (Å²) < 4.78 is 10.3. The third-order valence-corrected chi connectivity index (χ3v) is 6.42. The van der Waals surface area contributed by atoms with Crippen molar-refractivity contribution in [3.8, 4) is 5.75 Å². The van der Waals surface area contributed by atoms with Crippen LogP contribution in [0.1, 0.15) is 32.5 Å². The fourth-order valence-electron chi connectivity index (χ4n) is 3.74. The summed E-state index contributed by atoms with van der Waals surface area (Å²) in [6.45, 7) is 1.62. The zero-order valence-corrected chi connectivity index (χ0v) is 18.9. The van der Waals surface area contributed by atoms with E-state index in [1.54, 1.807) is 61.5 Å². The molecule has 8 nitrogen and oxygen atoms in total. The molecule has 4 rings (SSSR count). The second-order valence-corrected chi connectivity index (χ2v) is 8.16. The Balaban J connectivity index is 1.97. The minimum absolute atomic E-state index is 0.0943. The molecule has 1 atom stereocenters. The molecule has 2 aromatic carbocycles. The van der Waals surface area contributed by atoms with Crippen LogP contribution in [-0.4, -0.2) is 42.0 Å². The molecule has 1 unspecified atom stereocenters. The summed E-state index contributed by atoms with van der Waals surface area (Å²) >= 11 is 0.939. The van der Waals surface area contributed by atoms with Gasteiger partial charge in [-0.3, -0.25) is 14.5 Å². The highest BCUT2D eigenvalue weighted by Crippen LogP contribution is 2.46. The van der Waals surface area contributed by atoms with Crippen LogP contribution in [0.5, 0.6) is 5.75 Å². The van der Waals surface area contributed by atoms with Crippen LogP contribution in [0, 0.1) is 6.92 Å². The monoisotopic (exact) mass is 464 g/mol. The number of thiazole rings is 1. The molecule has 1 amide bonds. The van der Waals surface area contributed by atoms with Gasteiger partial charge in [0, 0.05) is 11.1 Å². The van der Waals surface area contributed by atoms with Crippen LogP contribution < -0.4 is 9.64 Å². The topological polar surface area (TPSA) is 106 Å². The van der Waals surface area contributed by atoms with Gasteiger partial charge in [-0.25, -0.2) is 9.78 Å². The molecule has 0 spiro atoms. The third kappa shape index (κ3) is 3.76. The van der Waals surface area contributed by atoms with Crippen LogP contribution in [0.15, 0.2) is 60.2 Å². The molecule has 9 heteroatoms. The summed E-state index contributed by atoms with van der Waals surface area (Å²) in [5, 5.41) is 11.2. The second kappa shape index (κ2) is 8.87. The minimum Gasteiger partial charge on any atom is -0.507 e. The number of aliphatic hydroxyl groups is 1. The number of ether oxygens (including phenoxy) is 2. The van der Waals surface area contributed by atoms with Gasteiger partial charge in [0.05, 0.1) is 25.5 Å². The summed E-state index contributed by atoms with van der Waals surface area (Å²) in [5.41, 5.74) is 1.15. The maximum atomic E-state index is 13.2. The lowest BCUT2D eigenvalue weighted by atomic mass is 9.95. The van der Waals surface area contributed by atoms with E-state index >= 15 is 0 Å². The molecule has 33 heavy (non-hydrogen) atoms. The molecule has 1 aliphatic heterocycles. The number of aromatic nitrogens is 1. The van der Waals surface area contributed by atoms with Crippen molar-refractivity contribution < 1.29 is 29.0 Å². The van der Waals surface area contributed by atoms with Crippen molar-refractivity contribution in [2.75, 3.05) is 19.1 Å². The summed E-state index contributed by atoms with van der Waals surface area (Å²) in [4.78, 5) is 44.3. The number of Topliss-reactive ketones (excluding diaryl/α,β-unsaturated/α-hetero) is 1. The highest BCUT2D eigenvalue weighted by atomic mass is 32.1. The van der Waals surface area contributed by atoms with E-state index in [9.17, 15) is 19.5 Å². The summed E-state index contributed by atoms with van der Waals surface area (Å²) in [7, 11) is 2.73. The molecule has 1 N–H and O–H groups in total. The van der Waals surface area contributed by atoms with Crippen molar-refractivity contribution in [1.82, 2.24) is 4.98 Å². The van der Waals surface area contributed by atoms with Gasteiger partial charge in [0.25, 0.3) is 5.78 Å². The van der Waals surface area contributed by atoms with E-state index in [-0.39, 0.29) is 21.3 Å². The number of aliphatic hydroxyl groups excluding tert-OH is 1. The van der Waals surface area contributed by atoms with Gasteiger partial charge in [0.15, 0.2) is 5.13 Å². The Bertz CT molecular complexity index is 1280. The van der Waals surface area contributed by atoms with E-state index in [1.165, 1.54) is 19.1 Å². The SMILES string of the molecule is COC(=O)c1sc(N2C(=O)C(=O)/C(=C(\O)c3ccccc3)C2c2ccccc2OC)nc1C. The lowest BCUT2D eigenvalue weighted by molar-refractivity contribution is -0.132. The van der Waals surface area contributed by atoms with Gasteiger partial charge in [-0.05, 0) is 13.0 Å². The summed E-state index contributed by atoms with van der Waals surface area (Å²) in [6.07, 6.45) is 0. The predicted molar refractivity (Wildman–Crippen MR) is 122 cm³/mol. The van der Waals surface area contributed by atoms with E-state index in [0.717, 1.165) is 11.3 Å². The van der Waals surface area contributed by atoms with Crippen molar-refractivity contribution >= 4 is 39.9 Å². The molecule has 1 aromatic heterocycles. The first kappa shape index (κ1) is 22.2. The van der Waals surface area contributed by atoms with E-state index in [1.807, 2.05) is 0 Å². The maximum Gasteiger partial charge on any atom is 0.350 e. The van der Waals surface area contributed by atoms with E-state index in [4.69, 9.17) is 9.47 Å². The summed E-state index contributed by atoms with van der Waals surface area (Å²) in [5.74, 6) is -2.21. The number of carbonyl (C=O) groups is 3. The number of hydrogen-bond donors (Lipinski definition) is 1. The molecule has 168 valence electrons. The zero-order chi connectivity index (χ0) is 23.7. The first-order valence-electron chi connectivity index (χ1n) is 9.94. The Kier molecular flexibility index (Phi) is 5.97. The van der Waals surface area contributed by atoms with E-state index in [2.05, 4.69) is 4.98 Å². The molecule has 1 saturated heterocycles. The Morgan fingerprint density at radius 2 is 1.73 bits per heavy atom. The van der Waals surface area contributed by atoms with Gasteiger partial charge < -0.3 is 14.6 Å². The highest BCUT2D eigenvalue weighted by Gasteiger charge is 2.49. The standard InChI is InChI=1S/C24H20N2O6S/c1-13-21(23(30)32-3)33-24(25-13)26-18(15-11-7-8-12-16(15)31-2)17(20(28)22(26)29)19(27)14-9-5-4-6-10-14/h4-12,18,27H,1-3H3/b19-17-. The lowest BCUT2D eigenvalue weighted by Crippen LogP contribution is -2.29. The first-order chi connectivity index (χ1) is 15.9. The van der Waals surface area contributed by atoms with Gasteiger partial charge in [0.2, 0.25) is 0 Å². The van der Waals surface area contributed by atoms with Gasteiger partial charge in [0.1, 0.15) is 22.4 Å². The Hall–Kier alpha value is -3.98. The number of aryl methyl sites for hydroxylation is 1. The van der Waals surface area contributed by atoms with Crippen molar-refractivity contribution in [2.45, 2.75) is 13.0 Å².